The summed E-state index contributed by atoms with van der Waals surface area (Å²) in [6.07, 6.45) is 3.61. The standard InChI is InChI=1S/C16H15N3O2/c20-16(21-10-8-12-5-2-1-3-6-12)19-14-11-18-13-7-4-9-17-15(13)14/h1-7,9,11,18H,8,10H2,(H,19,20). The fourth-order valence-corrected chi connectivity index (χ4v) is 2.10. The highest BCUT2D eigenvalue weighted by Crippen LogP contribution is 2.19. The third-order valence-corrected chi connectivity index (χ3v) is 3.14. The molecule has 2 heterocycles. The van der Waals surface area contributed by atoms with Crippen molar-refractivity contribution >= 4 is 22.8 Å². The molecule has 0 saturated heterocycles. The zero-order valence-electron chi connectivity index (χ0n) is 11.4. The lowest BCUT2D eigenvalue weighted by Crippen LogP contribution is -2.15. The van der Waals surface area contributed by atoms with Crippen LogP contribution in [0.3, 0.4) is 0 Å². The fourth-order valence-electron chi connectivity index (χ4n) is 2.10. The first-order valence-corrected chi connectivity index (χ1v) is 6.73. The highest BCUT2D eigenvalue weighted by atomic mass is 16.5. The summed E-state index contributed by atoms with van der Waals surface area (Å²) >= 11 is 0. The van der Waals surface area contributed by atoms with Crippen LogP contribution in [0.4, 0.5) is 10.5 Å². The van der Waals surface area contributed by atoms with Crippen molar-refractivity contribution < 1.29 is 9.53 Å². The minimum Gasteiger partial charge on any atom is -0.449 e. The van der Waals surface area contributed by atoms with Gasteiger partial charge in [0.05, 0.1) is 17.8 Å². The number of H-pyrrole nitrogens is 1. The van der Waals surface area contributed by atoms with Crippen LogP contribution in [-0.2, 0) is 11.2 Å². The predicted octanol–water partition coefficient (Wildman–Crippen LogP) is 3.35. The van der Waals surface area contributed by atoms with Crippen LogP contribution in [0.5, 0.6) is 0 Å². The van der Waals surface area contributed by atoms with Gasteiger partial charge in [0.25, 0.3) is 0 Å². The Kier molecular flexibility index (Phi) is 3.82. The van der Waals surface area contributed by atoms with Crippen molar-refractivity contribution in [2.45, 2.75) is 6.42 Å². The van der Waals surface area contributed by atoms with E-state index in [9.17, 15) is 4.79 Å². The largest absolute Gasteiger partial charge is 0.449 e. The molecule has 3 rings (SSSR count). The number of aromatic nitrogens is 2. The van der Waals surface area contributed by atoms with Gasteiger partial charge in [0, 0.05) is 18.8 Å². The molecule has 0 aliphatic rings. The predicted molar refractivity (Wildman–Crippen MR) is 81.2 cm³/mol. The summed E-state index contributed by atoms with van der Waals surface area (Å²) in [5.74, 6) is 0. The Morgan fingerprint density at radius 3 is 2.90 bits per heavy atom. The molecule has 0 fully saturated rings. The number of benzene rings is 1. The van der Waals surface area contributed by atoms with E-state index in [0.29, 0.717) is 18.7 Å². The first-order chi connectivity index (χ1) is 10.3. The Morgan fingerprint density at radius 1 is 1.19 bits per heavy atom. The third-order valence-electron chi connectivity index (χ3n) is 3.14. The van der Waals surface area contributed by atoms with Crippen molar-refractivity contribution in [2.24, 2.45) is 0 Å². The number of ether oxygens (including phenoxy) is 1. The van der Waals surface area contributed by atoms with Crippen molar-refractivity contribution in [3.63, 3.8) is 0 Å². The Bertz CT molecular complexity index is 737. The summed E-state index contributed by atoms with van der Waals surface area (Å²) in [4.78, 5) is 19.0. The summed E-state index contributed by atoms with van der Waals surface area (Å²) in [6, 6.07) is 13.6. The summed E-state index contributed by atoms with van der Waals surface area (Å²) in [7, 11) is 0. The number of hydrogen-bond acceptors (Lipinski definition) is 3. The number of nitrogens with zero attached hydrogens (tertiary/aromatic N) is 1. The van der Waals surface area contributed by atoms with Crippen LogP contribution in [0.25, 0.3) is 11.0 Å². The minimum atomic E-state index is -0.475. The van der Waals surface area contributed by atoms with Crippen LogP contribution in [0.15, 0.2) is 54.9 Å². The van der Waals surface area contributed by atoms with Crippen LogP contribution in [0.2, 0.25) is 0 Å². The van der Waals surface area contributed by atoms with Gasteiger partial charge >= 0.3 is 6.09 Å². The Balaban J connectivity index is 1.55. The average Bonchev–Trinajstić information content (AvgIpc) is 2.92. The van der Waals surface area contributed by atoms with E-state index in [-0.39, 0.29) is 0 Å². The molecule has 0 saturated carbocycles. The van der Waals surface area contributed by atoms with Crippen molar-refractivity contribution in [1.29, 1.82) is 0 Å². The SMILES string of the molecule is O=C(Nc1c[nH]c2cccnc12)OCCc1ccccc1. The number of aromatic amines is 1. The number of rotatable bonds is 4. The molecular formula is C16H15N3O2. The van der Waals surface area contributed by atoms with E-state index in [0.717, 1.165) is 16.6 Å². The Hall–Kier alpha value is -2.82. The first-order valence-electron chi connectivity index (χ1n) is 6.73. The normalized spacial score (nSPS) is 10.5. The number of carbonyl (C=O) groups excluding carboxylic acids is 1. The lowest BCUT2D eigenvalue weighted by Gasteiger charge is -2.06. The summed E-state index contributed by atoms with van der Waals surface area (Å²) in [5, 5.41) is 2.70. The summed E-state index contributed by atoms with van der Waals surface area (Å²) < 4.78 is 5.18. The van der Waals surface area contributed by atoms with E-state index >= 15 is 0 Å². The molecule has 5 heteroatoms. The molecule has 21 heavy (non-hydrogen) atoms. The third kappa shape index (κ3) is 3.20. The molecule has 0 spiro atoms. The molecule has 1 amide bonds. The maximum atomic E-state index is 11.8. The van der Waals surface area contributed by atoms with Crippen LogP contribution >= 0.6 is 0 Å². The molecule has 3 aromatic rings. The van der Waals surface area contributed by atoms with Crippen molar-refractivity contribution in [1.82, 2.24) is 9.97 Å². The lowest BCUT2D eigenvalue weighted by atomic mass is 10.2. The van der Waals surface area contributed by atoms with E-state index in [4.69, 9.17) is 4.74 Å². The second kappa shape index (κ2) is 6.09. The van der Waals surface area contributed by atoms with Gasteiger partial charge in [-0.15, -0.1) is 0 Å². The highest BCUT2D eigenvalue weighted by Gasteiger charge is 2.08. The zero-order chi connectivity index (χ0) is 14.5. The molecule has 106 valence electrons. The average molecular weight is 281 g/mol. The first kappa shape index (κ1) is 13.2. The van der Waals surface area contributed by atoms with E-state index in [1.807, 2.05) is 42.5 Å². The van der Waals surface area contributed by atoms with Crippen LogP contribution in [-0.4, -0.2) is 22.7 Å². The molecule has 0 unspecified atom stereocenters. The van der Waals surface area contributed by atoms with Gasteiger partial charge in [0.1, 0.15) is 5.52 Å². The number of hydrogen-bond donors (Lipinski definition) is 2. The molecule has 0 bridgehead atoms. The smallest absolute Gasteiger partial charge is 0.411 e. The number of fused-ring (bicyclic) bond motifs is 1. The molecule has 2 N–H and O–H groups in total. The van der Waals surface area contributed by atoms with E-state index in [2.05, 4.69) is 15.3 Å². The van der Waals surface area contributed by atoms with Gasteiger partial charge in [-0.25, -0.2) is 4.79 Å². The van der Waals surface area contributed by atoms with Gasteiger partial charge in [0.15, 0.2) is 0 Å². The van der Waals surface area contributed by atoms with E-state index < -0.39 is 6.09 Å². The number of nitrogens with one attached hydrogen (secondary N) is 2. The maximum Gasteiger partial charge on any atom is 0.411 e. The minimum absolute atomic E-state index is 0.339. The monoisotopic (exact) mass is 281 g/mol. The van der Waals surface area contributed by atoms with Gasteiger partial charge < -0.3 is 9.72 Å². The topological polar surface area (TPSA) is 67.0 Å². The Morgan fingerprint density at radius 2 is 2.05 bits per heavy atom. The van der Waals surface area contributed by atoms with Crippen LogP contribution in [0, 0.1) is 0 Å². The molecule has 2 aromatic heterocycles. The Labute approximate surface area is 122 Å². The van der Waals surface area contributed by atoms with Crippen molar-refractivity contribution in [3.05, 3.63) is 60.4 Å². The molecule has 5 nitrogen and oxygen atoms in total. The lowest BCUT2D eigenvalue weighted by molar-refractivity contribution is 0.163. The molecular weight excluding hydrogens is 266 g/mol. The molecule has 0 aliphatic heterocycles. The van der Waals surface area contributed by atoms with E-state index in [1.165, 1.54) is 0 Å². The van der Waals surface area contributed by atoms with Gasteiger partial charge in [-0.05, 0) is 17.7 Å². The number of carbonyl (C=O) groups is 1. The van der Waals surface area contributed by atoms with Gasteiger partial charge in [-0.1, -0.05) is 30.3 Å². The second-order valence-corrected chi connectivity index (χ2v) is 4.60. The van der Waals surface area contributed by atoms with Crippen LogP contribution in [0.1, 0.15) is 5.56 Å². The maximum absolute atomic E-state index is 11.8. The number of anilines is 1. The zero-order valence-corrected chi connectivity index (χ0v) is 11.4. The van der Waals surface area contributed by atoms with Crippen molar-refractivity contribution in [3.8, 4) is 0 Å². The van der Waals surface area contributed by atoms with Crippen molar-refractivity contribution in [2.75, 3.05) is 11.9 Å². The summed E-state index contributed by atoms with van der Waals surface area (Å²) in [6.45, 7) is 0.339. The molecule has 1 aromatic carbocycles. The van der Waals surface area contributed by atoms with Crippen LogP contribution < -0.4 is 5.32 Å². The second-order valence-electron chi connectivity index (χ2n) is 4.60. The number of amides is 1. The van der Waals surface area contributed by atoms with Gasteiger partial charge in [0.2, 0.25) is 0 Å². The van der Waals surface area contributed by atoms with Gasteiger partial charge in [-0.3, -0.25) is 10.3 Å². The molecule has 0 atom stereocenters. The van der Waals surface area contributed by atoms with E-state index in [1.54, 1.807) is 12.4 Å². The molecule has 0 aliphatic carbocycles. The van der Waals surface area contributed by atoms with Gasteiger partial charge in [-0.2, -0.15) is 0 Å². The quantitative estimate of drug-likeness (QED) is 0.770. The highest BCUT2D eigenvalue weighted by molar-refractivity contribution is 5.96. The fraction of sp³-hybridized carbons (Fsp3) is 0.125. The summed E-state index contributed by atoms with van der Waals surface area (Å²) in [5.41, 5.74) is 3.35. The number of pyridine rings is 1. The molecule has 0 radical (unpaired) electrons.